The molecule has 1 atom stereocenters. The van der Waals surface area contributed by atoms with Gasteiger partial charge in [0, 0.05) is 20.0 Å². The van der Waals surface area contributed by atoms with Crippen molar-refractivity contribution in [2.75, 3.05) is 31.6 Å². The first-order valence-electron chi connectivity index (χ1n) is 7.64. The van der Waals surface area contributed by atoms with Crippen LogP contribution in [0.1, 0.15) is 18.7 Å². The van der Waals surface area contributed by atoms with E-state index in [4.69, 9.17) is 9.15 Å². The Morgan fingerprint density at radius 3 is 2.86 bits per heavy atom. The fourth-order valence-corrected chi connectivity index (χ4v) is 2.82. The van der Waals surface area contributed by atoms with Crippen LogP contribution in [0.5, 0.6) is 5.75 Å². The predicted octanol–water partition coefficient (Wildman–Crippen LogP) is 2.10. The van der Waals surface area contributed by atoms with Crippen molar-refractivity contribution in [1.82, 2.24) is 15.1 Å². The first kappa shape index (κ1) is 14.8. The Hall–Kier alpha value is -2.08. The molecule has 0 spiro atoms. The van der Waals surface area contributed by atoms with Crippen LogP contribution in [-0.2, 0) is 6.54 Å². The van der Waals surface area contributed by atoms with E-state index in [1.165, 1.54) is 5.69 Å². The lowest BCUT2D eigenvalue weighted by molar-refractivity contribution is 0.134. The summed E-state index contributed by atoms with van der Waals surface area (Å²) in [5.41, 5.74) is 1.18. The molecular formula is C16H22N4O2. The summed E-state index contributed by atoms with van der Waals surface area (Å²) >= 11 is 0. The standard InChI is InChI=1S/C16H22N4O2/c1-4-20-10-13(22-15-8-6-5-7-14(15)20)9-19(3)11-16-18-17-12(2)21-16/h5-8,13H,4,9-11H2,1-3H3. The van der Waals surface area contributed by atoms with E-state index in [2.05, 4.69) is 39.1 Å². The topological polar surface area (TPSA) is 54.6 Å². The number of para-hydroxylation sites is 2. The van der Waals surface area contributed by atoms with Crippen molar-refractivity contribution < 1.29 is 9.15 Å². The number of nitrogens with zero attached hydrogens (tertiary/aromatic N) is 4. The van der Waals surface area contributed by atoms with Crippen LogP contribution in [0, 0.1) is 6.92 Å². The van der Waals surface area contributed by atoms with Gasteiger partial charge in [-0.15, -0.1) is 10.2 Å². The molecule has 0 radical (unpaired) electrons. The Labute approximate surface area is 130 Å². The Balaban J connectivity index is 1.64. The van der Waals surface area contributed by atoms with Crippen LogP contribution in [0.2, 0.25) is 0 Å². The van der Waals surface area contributed by atoms with E-state index < -0.39 is 0 Å². The molecule has 22 heavy (non-hydrogen) atoms. The lowest BCUT2D eigenvalue weighted by Gasteiger charge is -2.37. The summed E-state index contributed by atoms with van der Waals surface area (Å²) in [4.78, 5) is 4.51. The van der Waals surface area contributed by atoms with Crippen molar-refractivity contribution in [3.05, 3.63) is 36.0 Å². The van der Waals surface area contributed by atoms with Gasteiger partial charge in [-0.25, -0.2) is 0 Å². The Morgan fingerprint density at radius 1 is 1.32 bits per heavy atom. The molecule has 1 aromatic heterocycles. The highest BCUT2D eigenvalue weighted by Crippen LogP contribution is 2.32. The molecule has 2 aromatic rings. The fourth-order valence-electron chi connectivity index (χ4n) is 2.82. The number of benzene rings is 1. The molecule has 0 aliphatic carbocycles. The van der Waals surface area contributed by atoms with Gasteiger partial charge in [-0.1, -0.05) is 12.1 Å². The number of likely N-dealkylation sites (N-methyl/N-ethyl adjacent to an activating group) is 2. The largest absolute Gasteiger partial charge is 0.485 e. The first-order chi connectivity index (χ1) is 10.7. The molecule has 0 saturated carbocycles. The highest BCUT2D eigenvalue weighted by Gasteiger charge is 2.25. The van der Waals surface area contributed by atoms with Gasteiger partial charge in [0.25, 0.3) is 0 Å². The molecule has 0 bridgehead atoms. The maximum Gasteiger partial charge on any atom is 0.230 e. The van der Waals surface area contributed by atoms with Gasteiger partial charge in [-0.3, -0.25) is 4.90 Å². The van der Waals surface area contributed by atoms with Crippen LogP contribution in [0.3, 0.4) is 0 Å². The lowest BCUT2D eigenvalue weighted by Crippen LogP contribution is -2.45. The maximum absolute atomic E-state index is 6.13. The second-order valence-corrected chi connectivity index (χ2v) is 5.66. The van der Waals surface area contributed by atoms with E-state index in [0.717, 1.165) is 25.4 Å². The number of rotatable bonds is 5. The molecule has 1 aliphatic heterocycles. The van der Waals surface area contributed by atoms with E-state index in [1.54, 1.807) is 6.92 Å². The number of fused-ring (bicyclic) bond motifs is 1. The van der Waals surface area contributed by atoms with Gasteiger partial charge >= 0.3 is 0 Å². The Bertz CT molecular complexity index is 628. The minimum absolute atomic E-state index is 0.129. The predicted molar refractivity (Wildman–Crippen MR) is 84.1 cm³/mol. The number of aryl methyl sites for hydroxylation is 1. The quantitative estimate of drug-likeness (QED) is 0.843. The molecule has 118 valence electrons. The SMILES string of the molecule is CCN1CC(CN(C)Cc2nnc(C)o2)Oc2ccccc21. The molecular weight excluding hydrogens is 280 g/mol. The minimum atomic E-state index is 0.129. The highest BCUT2D eigenvalue weighted by atomic mass is 16.5. The van der Waals surface area contributed by atoms with Crippen LogP contribution in [0.4, 0.5) is 5.69 Å². The number of aromatic nitrogens is 2. The van der Waals surface area contributed by atoms with Crippen LogP contribution in [-0.4, -0.2) is 47.9 Å². The van der Waals surface area contributed by atoms with Crippen LogP contribution in [0.15, 0.2) is 28.7 Å². The monoisotopic (exact) mass is 302 g/mol. The number of hydrogen-bond acceptors (Lipinski definition) is 6. The zero-order valence-corrected chi connectivity index (χ0v) is 13.3. The van der Waals surface area contributed by atoms with Gasteiger partial charge in [0.15, 0.2) is 0 Å². The molecule has 6 nitrogen and oxygen atoms in total. The van der Waals surface area contributed by atoms with Crippen molar-refractivity contribution in [2.24, 2.45) is 0 Å². The Kier molecular flexibility index (Phi) is 4.29. The van der Waals surface area contributed by atoms with Gasteiger partial charge in [-0.2, -0.15) is 0 Å². The molecule has 1 aromatic carbocycles. The third kappa shape index (κ3) is 3.22. The minimum Gasteiger partial charge on any atom is -0.485 e. The summed E-state index contributed by atoms with van der Waals surface area (Å²) in [7, 11) is 2.04. The van der Waals surface area contributed by atoms with E-state index in [1.807, 2.05) is 19.2 Å². The number of ether oxygens (including phenoxy) is 1. The summed E-state index contributed by atoms with van der Waals surface area (Å²) < 4.78 is 11.6. The van der Waals surface area contributed by atoms with Crippen molar-refractivity contribution in [2.45, 2.75) is 26.5 Å². The van der Waals surface area contributed by atoms with E-state index in [-0.39, 0.29) is 6.10 Å². The van der Waals surface area contributed by atoms with E-state index >= 15 is 0 Å². The van der Waals surface area contributed by atoms with Gasteiger partial charge in [-0.05, 0) is 26.1 Å². The highest BCUT2D eigenvalue weighted by molar-refractivity contribution is 5.60. The van der Waals surface area contributed by atoms with Crippen molar-refractivity contribution in [3.63, 3.8) is 0 Å². The zero-order valence-electron chi connectivity index (χ0n) is 13.3. The summed E-state index contributed by atoms with van der Waals surface area (Å²) in [6.07, 6.45) is 0.129. The second-order valence-electron chi connectivity index (χ2n) is 5.66. The Morgan fingerprint density at radius 2 is 2.14 bits per heavy atom. The fraction of sp³-hybridized carbons (Fsp3) is 0.500. The normalized spacial score (nSPS) is 17.5. The molecule has 6 heteroatoms. The van der Waals surface area contributed by atoms with Gasteiger partial charge in [0.05, 0.1) is 18.8 Å². The average Bonchev–Trinajstić information content (AvgIpc) is 2.91. The molecule has 3 rings (SSSR count). The first-order valence-corrected chi connectivity index (χ1v) is 7.64. The molecule has 2 heterocycles. The lowest BCUT2D eigenvalue weighted by atomic mass is 10.2. The van der Waals surface area contributed by atoms with Crippen molar-refractivity contribution in [3.8, 4) is 5.75 Å². The van der Waals surface area contributed by atoms with Gasteiger partial charge in [0.2, 0.25) is 11.8 Å². The second kappa shape index (κ2) is 6.36. The van der Waals surface area contributed by atoms with Crippen LogP contribution < -0.4 is 9.64 Å². The summed E-state index contributed by atoms with van der Waals surface area (Å²) in [5.74, 6) is 2.20. The zero-order chi connectivity index (χ0) is 15.5. The summed E-state index contributed by atoms with van der Waals surface area (Å²) in [6, 6.07) is 8.21. The maximum atomic E-state index is 6.13. The number of hydrogen-bond donors (Lipinski definition) is 0. The summed E-state index contributed by atoms with van der Waals surface area (Å²) in [6.45, 7) is 7.28. The van der Waals surface area contributed by atoms with Crippen LogP contribution in [0.25, 0.3) is 0 Å². The molecule has 0 amide bonds. The number of anilines is 1. The van der Waals surface area contributed by atoms with E-state index in [9.17, 15) is 0 Å². The average molecular weight is 302 g/mol. The smallest absolute Gasteiger partial charge is 0.230 e. The molecule has 1 aliphatic rings. The molecule has 1 unspecified atom stereocenters. The molecule has 0 N–H and O–H groups in total. The third-order valence-corrected chi connectivity index (χ3v) is 3.79. The van der Waals surface area contributed by atoms with Crippen molar-refractivity contribution >= 4 is 5.69 Å². The van der Waals surface area contributed by atoms with E-state index in [0.29, 0.717) is 18.3 Å². The summed E-state index contributed by atoms with van der Waals surface area (Å²) in [5, 5.41) is 7.90. The molecule has 0 saturated heterocycles. The van der Waals surface area contributed by atoms with Gasteiger partial charge < -0.3 is 14.1 Å². The van der Waals surface area contributed by atoms with Crippen LogP contribution >= 0.6 is 0 Å². The van der Waals surface area contributed by atoms with Gasteiger partial charge in [0.1, 0.15) is 11.9 Å². The third-order valence-electron chi connectivity index (χ3n) is 3.79. The molecule has 0 fully saturated rings. The van der Waals surface area contributed by atoms with Crippen molar-refractivity contribution in [1.29, 1.82) is 0 Å².